The number of nitrogens with one attached hydrogen (secondary N) is 2. The second-order valence-electron chi connectivity index (χ2n) is 5.40. The molecule has 0 saturated heterocycles. The maximum Gasteiger partial charge on any atom is 0.251 e. The van der Waals surface area contributed by atoms with Crippen LogP contribution in [0.5, 0.6) is 0 Å². The van der Waals surface area contributed by atoms with Crippen molar-refractivity contribution >= 4 is 17.5 Å². The number of carbonyl (C=O) groups is 2. The third kappa shape index (κ3) is 5.58. The highest BCUT2D eigenvalue weighted by Crippen LogP contribution is 2.11. The molecular weight excluding hydrogens is 288 g/mol. The summed E-state index contributed by atoms with van der Waals surface area (Å²) in [5, 5.41) is 5.39. The summed E-state index contributed by atoms with van der Waals surface area (Å²) in [4.78, 5) is 23.7. The highest BCUT2D eigenvalue weighted by Gasteiger charge is 2.07. The fraction of sp³-hybridized carbons (Fsp3) is 0.263. The van der Waals surface area contributed by atoms with E-state index in [1.165, 1.54) is 12.0 Å². The van der Waals surface area contributed by atoms with Crippen LogP contribution < -0.4 is 10.6 Å². The lowest BCUT2D eigenvalue weighted by Gasteiger charge is -2.08. The Balaban J connectivity index is 1.79. The van der Waals surface area contributed by atoms with Crippen LogP contribution in [0.25, 0.3) is 0 Å². The molecule has 23 heavy (non-hydrogen) atoms. The number of hydrogen-bond donors (Lipinski definition) is 2. The predicted molar refractivity (Wildman–Crippen MR) is 92.5 cm³/mol. The van der Waals surface area contributed by atoms with Crippen molar-refractivity contribution in [3.8, 4) is 0 Å². The fourth-order valence-electron chi connectivity index (χ4n) is 2.19. The van der Waals surface area contributed by atoms with E-state index in [0.29, 0.717) is 5.56 Å². The molecule has 2 aromatic rings. The Morgan fingerprint density at radius 2 is 1.65 bits per heavy atom. The van der Waals surface area contributed by atoms with Gasteiger partial charge in [-0.1, -0.05) is 43.7 Å². The third-order valence-electron chi connectivity index (χ3n) is 3.50. The van der Waals surface area contributed by atoms with Gasteiger partial charge in [0.05, 0.1) is 6.54 Å². The molecule has 120 valence electrons. The number of carbonyl (C=O) groups excluding carboxylic acids is 2. The molecule has 2 aromatic carbocycles. The van der Waals surface area contributed by atoms with Gasteiger partial charge < -0.3 is 10.6 Å². The molecule has 0 aliphatic heterocycles. The van der Waals surface area contributed by atoms with Gasteiger partial charge in [-0.2, -0.15) is 0 Å². The van der Waals surface area contributed by atoms with Gasteiger partial charge in [-0.3, -0.25) is 9.59 Å². The van der Waals surface area contributed by atoms with Crippen molar-refractivity contribution in [3.63, 3.8) is 0 Å². The summed E-state index contributed by atoms with van der Waals surface area (Å²) in [6, 6.07) is 16.7. The molecule has 0 saturated carbocycles. The molecule has 2 rings (SSSR count). The first-order chi connectivity index (χ1) is 11.2. The minimum absolute atomic E-state index is 0.0503. The molecule has 0 heterocycles. The lowest BCUT2D eigenvalue weighted by molar-refractivity contribution is -0.115. The summed E-state index contributed by atoms with van der Waals surface area (Å²) >= 11 is 0. The van der Waals surface area contributed by atoms with Gasteiger partial charge in [-0.05, 0) is 42.7 Å². The number of hydrogen-bond acceptors (Lipinski definition) is 2. The molecule has 2 N–H and O–H groups in total. The molecule has 0 aliphatic carbocycles. The fourth-order valence-corrected chi connectivity index (χ4v) is 2.19. The number of rotatable bonds is 7. The maximum atomic E-state index is 11.9. The Bertz CT molecular complexity index is 636. The van der Waals surface area contributed by atoms with E-state index >= 15 is 0 Å². The number of amides is 2. The molecule has 0 fully saturated rings. The van der Waals surface area contributed by atoms with Gasteiger partial charge in [0.15, 0.2) is 0 Å². The molecule has 2 amide bonds. The van der Waals surface area contributed by atoms with Crippen molar-refractivity contribution in [1.82, 2.24) is 5.32 Å². The van der Waals surface area contributed by atoms with E-state index in [-0.39, 0.29) is 18.4 Å². The summed E-state index contributed by atoms with van der Waals surface area (Å²) in [5.41, 5.74) is 2.55. The van der Waals surface area contributed by atoms with Crippen LogP contribution >= 0.6 is 0 Å². The Morgan fingerprint density at radius 3 is 2.30 bits per heavy atom. The lowest BCUT2D eigenvalue weighted by Crippen LogP contribution is -2.32. The first kappa shape index (κ1) is 16.7. The Kier molecular flexibility index (Phi) is 6.36. The highest BCUT2D eigenvalue weighted by molar-refractivity contribution is 5.99. The minimum atomic E-state index is -0.254. The van der Waals surface area contributed by atoms with Crippen molar-refractivity contribution in [2.45, 2.75) is 26.2 Å². The monoisotopic (exact) mass is 310 g/mol. The van der Waals surface area contributed by atoms with E-state index in [1.54, 1.807) is 24.3 Å². The zero-order valence-electron chi connectivity index (χ0n) is 13.3. The van der Waals surface area contributed by atoms with E-state index in [1.807, 2.05) is 30.3 Å². The van der Waals surface area contributed by atoms with Gasteiger partial charge in [-0.25, -0.2) is 0 Å². The summed E-state index contributed by atoms with van der Waals surface area (Å²) < 4.78 is 0. The Hall–Kier alpha value is -2.62. The van der Waals surface area contributed by atoms with E-state index in [4.69, 9.17) is 0 Å². The van der Waals surface area contributed by atoms with Crippen LogP contribution in [0.2, 0.25) is 0 Å². The van der Waals surface area contributed by atoms with Crippen LogP contribution in [0, 0.1) is 0 Å². The largest absolute Gasteiger partial charge is 0.343 e. The molecule has 4 heteroatoms. The normalized spacial score (nSPS) is 10.1. The Labute approximate surface area is 136 Å². The van der Waals surface area contributed by atoms with Crippen LogP contribution in [0.3, 0.4) is 0 Å². The zero-order chi connectivity index (χ0) is 16.5. The number of aryl methyl sites for hydroxylation is 1. The van der Waals surface area contributed by atoms with Crippen molar-refractivity contribution < 1.29 is 9.59 Å². The number of unbranched alkanes of at least 4 members (excludes halogenated alkanes) is 1. The minimum Gasteiger partial charge on any atom is -0.343 e. The van der Waals surface area contributed by atoms with Crippen molar-refractivity contribution in [3.05, 3.63) is 65.7 Å². The van der Waals surface area contributed by atoms with Gasteiger partial charge in [0.2, 0.25) is 5.91 Å². The van der Waals surface area contributed by atoms with Gasteiger partial charge in [-0.15, -0.1) is 0 Å². The van der Waals surface area contributed by atoms with Gasteiger partial charge in [0.25, 0.3) is 5.91 Å². The molecule has 0 bridgehead atoms. The van der Waals surface area contributed by atoms with Gasteiger partial charge >= 0.3 is 0 Å². The zero-order valence-corrected chi connectivity index (χ0v) is 13.3. The number of anilines is 1. The van der Waals surface area contributed by atoms with Crippen molar-refractivity contribution in [2.24, 2.45) is 0 Å². The molecule has 4 nitrogen and oxygen atoms in total. The average Bonchev–Trinajstić information content (AvgIpc) is 2.60. The standard InChI is InChI=1S/C19H22N2O2/c1-2-3-7-15-10-12-17(13-11-15)21-18(22)14-20-19(23)16-8-5-4-6-9-16/h4-6,8-13H,2-3,7,14H2,1H3,(H,20,23)(H,21,22). The van der Waals surface area contributed by atoms with Crippen LogP contribution in [-0.2, 0) is 11.2 Å². The first-order valence-electron chi connectivity index (χ1n) is 7.91. The second-order valence-corrected chi connectivity index (χ2v) is 5.40. The van der Waals surface area contributed by atoms with Crippen LogP contribution in [0.1, 0.15) is 35.7 Å². The van der Waals surface area contributed by atoms with Crippen molar-refractivity contribution in [1.29, 1.82) is 0 Å². The molecule has 0 unspecified atom stereocenters. The molecule has 0 radical (unpaired) electrons. The summed E-state index contributed by atoms with van der Waals surface area (Å²) in [6.45, 7) is 2.11. The van der Waals surface area contributed by atoms with E-state index in [0.717, 1.165) is 18.5 Å². The summed E-state index contributed by atoms with van der Waals surface area (Å²) in [5.74, 6) is -0.494. The maximum absolute atomic E-state index is 11.9. The lowest BCUT2D eigenvalue weighted by atomic mass is 10.1. The summed E-state index contributed by atoms with van der Waals surface area (Å²) in [7, 11) is 0. The van der Waals surface area contributed by atoms with Gasteiger partial charge in [0, 0.05) is 11.3 Å². The topological polar surface area (TPSA) is 58.2 Å². The van der Waals surface area contributed by atoms with Crippen LogP contribution in [0.4, 0.5) is 5.69 Å². The Morgan fingerprint density at radius 1 is 0.957 bits per heavy atom. The predicted octanol–water partition coefficient (Wildman–Crippen LogP) is 3.40. The van der Waals surface area contributed by atoms with E-state index in [9.17, 15) is 9.59 Å². The smallest absolute Gasteiger partial charge is 0.251 e. The van der Waals surface area contributed by atoms with Crippen molar-refractivity contribution in [2.75, 3.05) is 11.9 Å². The molecule has 0 aliphatic rings. The molecule has 0 atom stereocenters. The number of benzene rings is 2. The van der Waals surface area contributed by atoms with Gasteiger partial charge in [0.1, 0.15) is 0 Å². The molecule has 0 aromatic heterocycles. The second kappa shape index (κ2) is 8.73. The highest BCUT2D eigenvalue weighted by atomic mass is 16.2. The van der Waals surface area contributed by atoms with Crippen LogP contribution in [0.15, 0.2) is 54.6 Å². The van der Waals surface area contributed by atoms with E-state index < -0.39 is 0 Å². The van der Waals surface area contributed by atoms with Crippen LogP contribution in [-0.4, -0.2) is 18.4 Å². The summed E-state index contributed by atoms with van der Waals surface area (Å²) in [6.07, 6.45) is 3.38. The molecule has 0 spiro atoms. The quantitative estimate of drug-likeness (QED) is 0.823. The third-order valence-corrected chi connectivity index (χ3v) is 3.50. The van der Waals surface area contributed by atoms with E-state index in [2.05, 4.69) is 17.6 Å². The SMILES string of the molecule is CCCCc1ccc(NC(=O)CNC(=O)c2ccccc2)cc1. The first-order valence-corrected chi connectivity index (χ1v) is 7.91. The average molecular weight is 310 g/mol. The molecular formula is C19H22N2O2.